The molecule has 3 heteroatoms. The smallest absolute Gasteiger partial charge is 0.321 e. The number of likely N-dealkylation sites (tertiary alicyclic amines) is 1. The van der Waals surface area contributed by atoms with Gasteiger partial charge in [-0.25, -0.2) is 0 Å². The topological polar surface area (TPSA) is 40.5 Å². The average molecular weight is 251 g/mol. The van der Waals surface area contributed by atoms with E-state index < -0.39 is 5.97 Å². The predicted molar refractivity (Wildman–Crippen MR) is 70.3 cm³/mol. The van der Waals surface area contributed by atoms with E-state index in [0.717, 1.165) is 24.8 Å². The van der Waals surface area contributed by atoms with Crippen LogP contribution in [-0.2, 0) is 4.79 Å². The molecule has 0 bridgehead atoms. The normalized spacial score (nSPS) is 44.1. The average Bonchev–Trinajstić information content (AvgIpc) is 2.72. The molecular weight excluding hydrogens is 226 g/mol. The summed E-state index contributed by atoms with van der Waals surface area (Å²) in [5, 5.41) is 9.53. The second kappa shape index (κ2) is 4.52. The number of aliphatic carboxylic acids is 1. The van der Waals surface area contributed by atoms with Gasteiger partial charge in [0.2, 0.25) is 0 Å². The fourth-order valence-electron chi connectivity index (χ4n) is 4.48. The van der Waals surface area contributed by atoms with Gasteiger partial charge in [-0.1, -0.05) is 20.3 Å². The number of carbonyl (C=O) groups is 1. The molecule has 0 amide bonds. The molecule has 102 valence electrons. The second-order valence-corrected chi connectivity index (χ2v) is 6.96. The molecule has 3 nitrogen and oxygen atoms in total. The molecule has 3 aliphatic rings. The van der Waals surface area contributed by atoms with Crippen LogP contribution in [0.5, 0.6) is 0 Å². The Morgan fingerprint density at radius 2 is 2.00 bits per heavy atom. The third-order valence-corrected chi connectivity index (χ3v) is 5.74. The number of carboxylic acid groups (broad SMARTS) is 1. The van der Waals surface area contributed by atoms with E-state index in [9.17, 15) is 9.90 Å². The van der Waals surface area contributed by atoms with Crippen molar-refractivity contribution in [2.24, 2.45) is 23.7 Å². The first-order valence-electron chi connectivity index (χ1n) is 7.56. The number of hydrogen-bond donors (Lipinski definition) is 1. The third kappa shape index (κ3) is 1.87. The first-order chi connectivity index (χ1) is 8.58. The van der Waals surface area contributed by atoms with E-state index in [0.29, 0.717) is 17.9 Å². The number of nitrogens with zero attached hydrogens (tertiary/aromatic N) is 1. The summed E-state index contributed by atoms with van der Waals surface area (Å²) in [6, 6.07) is 0.389. The highest BCUT2D eigenvalue weighted by Gasteiger charge is 2.51. The number of hydrogen-bond acceptors (Lipinski definition) is 2. The van der Waals surface area contributed by atoms with E-state index in [1.54, 1.807) is 0 Å². The molecule has 0 aromatic heterocycles. The van der Waals surface area contributed by atoms with Crippen LogP contribution in [0.2, 0.25) is 0 Å². The largest absolute Gasteiger partial charge is 0.480 e. The van der Waals surface area contributed by atoms with Crippen LogP contribution in [0.1, 0.15) is 46.0 Å². The van der Waals surface area contributed by atoms with Crippen molar-refractivity contribution in [2.45, 2.75) is 58.0 Å². The van der Waals surface area contributed by atoms with E-state index in [1.807, 2.05) is 0 Å². The number of carboxylic acids is 1. The van der Waals surface area contributed by atoms with Crippen molar-refractivity contribution in [3.05, 3.63) is 0 Å². The molecule has 1 saturated heterocycles. The van der Waals surface area contributed by atoms with Crippen molar-refractivity contribution in [2.75, 3.05) is 6.54 Å². The monoisotopic (exact) mass is 251 g/mol. The van der Waals surface area contributed by atoms with Crippen LogP contribution in [0.25, 0.3) is 0 Å². The highest BCUT2D eigenvalue weighted by molar-refractivity contribution is 5.74. The molecule has 3 fully saturated rings. The minimum Gasteiger partial charge on any atom is -0.480 e. The lowest BCUT2D eigenvalue weighted by atomic mass is 9.72. The Balaban J connectivity index is 1.67. The summed E-state index contributed by atoms with van der Waals surface area (Å²) >= 11 is 0. The Morgan fingerprint density at radius 3 is 2.61 bits per heavy atom. The highest BCUT2D eigenvalue weighted by atomic mass is 16.4. The number of rotatable bonds is 3. The van der Waals surface area contributed by atoms with Crippen molar-refractivity contribution < 1.29 is 9.90 Å². The van der Waals surface area contributed by atoms with Crippen molar-refractivity contribution in [1.29, 1.82) is 0 Å². The van der Waals surface area contributed by atoms with Gasteiger partial charge in [0.15, 0.2) is 0 Å². The van der Waals surface area contributed by atoms with Crippen LogP contribution in [0.15, 0.2) is 0 Å². The zero-order valence-electron chi connectivity index (χ0n) is 11.5. The van der Waals surface area contributed by atoms with Gasteiger partial charge in [-0.3, -0.25) is 9.69 Å². The van der Waals surface area contributed by atoms with Gasteiger partial charge in [0.1, 0.15) is 6.04 Å². The predicted octanol–water partition coefficient (Wildman–Crippen LogP) is 2.61. The molecule has 1 aliphatic heterocycles. The van der Waals surface area contributed by atoms with Crippen LogP contribution in [0.4, 0.5) is 0 Å². The van der Waals surface area contributed by atoms with Gasteiger partial charge >= 0.3 is 5.97 Å². The fraction of sp³-hybridized carbons (Fsp3) is 0.933. The molecule has 1 N–H and O–H groups in total. The molecule has 0 aromatic rings. The molecular formula is C15H25NO2. The molecule has 2 saturated carbocycles. The van der Waals surface area contributed by atoms with Gasteiger partial charge in [0, 0.05) is 12.6 Å². The van der Waals surface area contributed by atoms with E-state index in [1.165, 1.54) is 25.7 Å². The summed E-state index contributed by atoms with van der Waals surface area (Å²) < 4.78 is 0. The van der Waals surface area contributed by atoms with Gasteiger partial charge in [-0.2, -0.15) is 0 Å². The van der Waals surface area contributed by atoms with Gasteiger partial charge < -0.3 is 5.11 Å². The molecule has 1 heterocycles. The molecule has 3 atom stereocenters. The van der Waals surface area contributed by atoms with Gasteiger partial charge in [-0.05, 0) is 49.4 Å². The lowest BCUT2D eigenvalue weighted by Gasteiger charge is -2.45. The maximum atomic E-state index is 11.6. The van der Waals surface area contributed by atoms with Crippen molar-refractivity contribution >= 4 is 5.97 Å². The van der Waals surface area contributed by atoms with Crippen molar-refractivity contribution in [3.8, 4) is 0 Å². The maximum absolute atomic E-state index is 11.6. The minimum absolute atomic E-state index is 0.171. The molecule has 3 rings (SSSR count). The quantitative estimate of drug-likeness (QED) is 0.838. The summed E-state index contributed by atoms with van der Waals surface area (Å²) in [7, 11) is 0. The zero-order valence-corrected chi connectivity index (χ0v) is 11.5. The SMILES string of the molecule is CC(C)C1CC(N2CC3CCCC3C2C(=O)O)C1. The molecule has 0 aromatic carbocycles. The van der Waals surface area contributed by atoms with Crippen LogP contribution in [0.3, 0.4) is 0 Å². The Labute approximate surface area is 110 Å². The maximum Gasteiger partial charge on any atom is 0.321 e. The highest BCUT2D eigenvalue weighted by Crippen LogP contribution is 2.47. The summed E-state index contributed by atoms with van der Waals surface area (Å²) in [4.78, 5) is 13.9. The van der Waals surface area contributed by atoms with Gasteiger partial charge in [-0.15, -0.1) is 0 Å². The first-order valence-corrected chi connectivity index (χ1v) is 7.56. The van der Waals surface area contributed by atoms with Crippen molar-refractivity contribution in [1.82, 2.24) is 4.90 Å². The zero-order chi connectivity index (χ0) is 12.9. The van der Waals surface area contributed by atoms with Crippen molar-refractivity contribution in [3.63, 3.8) is 0 Å². The van der Waals surface area contributed by atoms with Crippen LogP contribution >= 0.6 is 0 Å². The Bertz CT molecular complexity index is 335. The molecule has 0 radical (unpaired) electrons. The van der Waals surface area contributed by atoms with Gasteiger partial charge in [0.25, 0.3) is 0 Å². The first kappa shape index (κ1) is 12.5. The van der Waals surface area contributed by atoms with E-state index >= 15 is 0 Å². The third-order valence-electron chi connectivity index (χ3n) is 5.74. The number of fused-ring (bicyclic) bond motifs is 1. The Kier molecular flexibility index (Phi) is 3.13. The molecule has 3 unspecified atom stereocenters. The Hall–Kier alpha value is -0.570. The fourth-order valence-corrected chi connectivity index (χ4v) is 4.48. The van der Waals surface area contributed by atoms with E-state index in [-0.39, 0.29) is 6.04 Å². The molecule has 18 heavy (non-hydrogen) atoms. The summed E-state index contributed by atoms with van der Waals surface area (Å²) in [6.45, 7) is 5.62. The van der Waals surface area contributed by atoms with Crippen LogP contribution in [-0.4, -0.2) is 34.6 Å². The second-order valence-electron chi connectivity index (χ2n) is 6.96. The minimum atomic E-state index is -0.572. The molecule has 2 aliphatic carbocycles. The van der Waals surface area contributed by atoms with Gasteiger partial charge in [0.05, 0.1) is 0 Å². The summed E-state index contributed by atoms with van der Waals surface area (Å²) in [5.41, 5.74) is 0. The Morgan fingerprint density at radius 1 is 1.28 bits per heavy atom. The van der Waals surface area contributed by atoms with E-state index in [2.05, 4.69) is 18.7 Å². The summed E-state index contributed by atoms with van der Waals surface area (Å²) in [5.74, 6) is 2.12. The standard InChI is InChI=1S/C15H25NO2/c1-9(2)11-6-12(7-11)16-8-10-4-3-5-13(10)14(16)15(17)18/h9-14H,3-8H2,1-2H3,(H,17,18). The van der Waals surface area contributed by atoms with Crippen LogP contribution in [0, 0.1) is 23.7 Å². The van der Waals surface area contributed by atoms with Crippen LogP contribution < -0.4 is 0 Å². The molecule has 0 spiro atoms. The lowest BCUT2D eigenvalue weighted by Crippen LogP contribution is -2.51. The lowest BCUT2D eigenvalue weighted by molar-refractivity contribution is -0.145. The van der Waals surface area contributed by atoms with E-state index in [4.69, 9.17) is 0 Å². The summed E-state index contributed by atoms with van der Waals surface area (Å²) in [6.07, 6.45) is 6.08.